The van der Waals surface area contributed by atoms with Crippen LogP contribution in [-0.4, -0.2) is 11.1 Å². The number of carboxylic acid groups (broad SMARTS) is 1. The van der Waals surface area contributed by atoms with Crippen molar-refractivity contribution >= 4 is 39.2 Å². The highest BCUT2D eigenvalue weighted by Gasteiger charge is 2.35. The number of aryl methyl sites for hydroxylation is 1. The van der Waals surface area contributed by atoms with E-state index in [4.69, 9.17) is 11.6 Å². The monoisotopic (exact) mass is 367 g/mol. The summed E-state index contributed by atoms with van der Waals surface area (Å²) >= 11 is 9.30. The lowest BCUT2D eigenvalue weighted by atomic mass is 9.90. The first-order valence-electron chi connectivity index (χ1n) is 6.37. The van der Waals surface area contributed by atoms with Gasteiger partial charge < -0.3 is 10.4 Å². The van der Waals surface area contributed by atoms with Gasteiger partial charge >= 0.3 is 5.97 Å². The zero-order valence-electron chi connectivity index (χ0n) is 11.7. The molecule has 0 saturated heterocycles. The minimum atomic E-state index is -1.22. The van der Waals surface area contributed by atoms with Crippen LogP contribution in [0.3, 0.4) is 0 Å². The van der Waals surface area contributed by atoms with Gasteiger partial charge in [0.05, 0.1) is 5.02 Å². The third-order valence-electron chi connectivity index (χ3n) is 3.34. The molecule has 21 heavy (non-hydrogen) atoms. The number of carboxylic acids is 1. The lowest BCUT2D eigenvalue weighted by Gasteiger charge is -2.28. The Morgan fingerprint density at radius 1 is 1.29 bits per heavy atom. The Balaban J connectivity index is 2.43. The van der Waals surface area contributed by atoms with E-state index in [9.17, 15) is 9.90 Å². The zero-order valence-corrected chi connectivity index (χ0v) is 14.0. The molecule has 0 radical (unpaired) electrons. The van der Waals surface area contributed by atoms with Crippen molar-refractivity contribution in [2.45, 2.75) is 19.4 Å². The van der Waals surface area contributed by atoms with Crippen LogP contribution in [0.15, 0.2) is 46.9 Å². The predicted molar refractivity (Wildman–Crippen MR) is 88.9 cm³/mol. The minimum absolute atomic E-state index is 0.577. The van der Waals surface area contributed by atoms with Crippen molar-refractivity contribution in [2.75, 3.05) is 5.32 Å². The third kappa shape index (κ3) is 3.39. The highest BCUT2D eigenvalue weighted by molar-refractivity contribution is 9.10. The Morgan fingerprint density at radius 2 is 2.00 bits per heavy atom. The number of hydrogen-bond acceptors (Lipinski definition) is 2. The molecule has 2 N–H and O–H groups in total. The summed E-state index contributed by atoms with van der Waals surface area (Å²) in [5.74, 6) is -0.945. The fraction of sp³-hybridized carbons (Fsp3) is 0.188. The van der Waals surface area contributed by atoms with Crippen LogP contribution in [0.5, 0.6) is 0 Å². The molecule has 110 valence electrons. The first-order chi connectivity index (χ1) is 9.83. The highest BCUT2D eigenvalue weighted by Crippen LogP contribution is 2.31. The molecule has 5 heteroatoms. The van der Waals surface area contributed by atoms with Gasteiger partial charge in [-0.1, -0.05) is 41.4 Å². The fourth-order valence-electron chi connectivity index (χ4n) is 2.07. The topological polar surface area (TPSA) is 49.3 Å². The largest absolute Gasteiger partial charge is 0.479 e. The van der Waals surface area contributed by atoms with Crippen molar-refractivity contribution in [3.8, 4) is 0 Å². The van der Waals surface area contributed by atoms with Gasteiger partial charge in [-0.3, -0.25) is 0 Å². The Hall–Kier alpha value is -1.52. The summed E-state index contributed by atoms with van der Waals surface area (Å²) in [6.07, 6.45) is 0. The van der Waals surface area contributed by atoms with Gasteiger partial charge in [-0.15, -0.1) is 0 Å². The van der Waals surface area contributed by atoms with Crippen molar-refractivity contribution in [1.29, 1.82) is 0 Å². The van der Waals surface area contributed by atoms with E-state index in [0.29, 0.717) is 20.7 Å². The Labute approximate surface area is 137 Å². The standard InChI is InChI=1S/C16H15BrClNO2/c1-10-4-3-5-11(8-10)16(2,15(20)21)19-12-6-7-14(18)13(17)9-12/h3-9,19H,1-2H3,(H,20,21). The molecule has 2 aromatic carbocycles. The Kier molecular flexibility index (Phi) is 4.59. The van der Waals surface area contributed by atoms with E-state index in [1.165, 1.54) is 0 Å². The van der Waals surface area contributed by atoms with Crippen molar-refractivity contribution in [3.63, 3.8) is 0 Å². The lowest BCUT2D eigenvalue weighted by Crippen LogP contribution is -2.40. The maximum atomic E-state index is 11.8. The summed E-state index contributed by atoms with van der Waals surface area (Å²) in [6.45, 7) is 3.58. The van der Waals surface area contributed by atoms with Crippen molar-refractivity contribution in [3.05, 3.63) is 63.1 Å². The summed E-state index contributed by atoms with van der Waals surface area (Å²) in [6, 6.07) is 12.7. The molecule has 0 aliphatic heterocycles. The molecule has 2 rings (SSSR count). The van der Waals surface area contributed by atoms with Gasteiger partial charge in [0.25, 0.3) is 0 Å². The van der Waals surface area contributed by atoms with E-state index in [2.05, 4.69) is 21.2 Å². The number of aliphatic carboxylic acids is 1. The number of rotatable bonds is 4. The maximum Gasteiger partial charge on any atom is 0.333 e. The Bertz CT molecular complexity index is 690. The fourth-order valence-corrected chi connectivity index (χ4v) is 2.56. The predicted octanol–water partition coefficient (Wildman–Crippen LogP) is 4.82. The van der Waals surface area contributed by atoms with E-state index >= 15 is 0 Å². The van der Waals surface area contributed by atoms with Gasteiger partial charge in [-0.05, 0) is 53.5 Å². The molecular weight excluding hydrogens is 354 g/mol. The van der Waals surface area contributed by atoms with Crippen molar-refractivity contribution in [1.82, 2.24) is 0 Å². The second-order valence-electron chi connectivity index (χ2n) is 5.05. The molecule has 0 aromatic heterocycles. The van der Waals surface area contributed by atoms with Crippen LogP contribution in [0, 0.1) is 6.92 Å². The molecule has 1 unspecified atom stereocenters. The zero-order chi connectivity index (χ0) is 15.6. The summed E-state index contributed by atoms with van der Waals surface area (Å²) in [7, 11) is 0. The van der Waals surface area contributed by atoms with Crippen LogP contribution < -0.4 is 5.32 Å². The molecule has 0 spiro atoms. The van der Waals surface area contributed by atoms with Crippen LogP contribution in [0.25, 0.3) is 0 Å². The Morgan fingerprint density at radius 3 is 2.57 bits per heavy atom. The summed E-state index contributed by atoms with van der Waals surface area (Å²) in [5, 5.41) is 13.3. The van der Waals surface area contributed by atoms with E-state index in [1.807, 2.05) is 25.1 Å². The molecule has 0 fully saturated rings. The van der Waals surface area contributed by atoms with E-state index in [1.54, 1.807) is 31.2 Å². The summed E-state index contributed by atoms with van der Waals surface area (Å²) < 4.78 is 0.714. The van der Waals surface area contributed by atoms with E-state index in [0.717, 1.165) is 5.56 Å². The molecule has 0 bridgehead atoms. The van der Waals surface area contributed by atoms with Crippen LogP contribution in [-0.2, 0) is 10.3 Å². The van der Waals surface area contributed by atoms with Crippen molar-refractivity contribution in [2.24, 2.45) is 0 Å². The van der Waals surface area contributed by atoms with Gasteiger partial charge in [-0.25, -0.2) is 4.79 Å². The molecule has 0 aliphatic carbocycles. The first kappa shape index (κ1) is 15.9. The molecule has 0 aliphatic rings. The minimum Gasteiger partial charge on any atom is -0.479 e. The van der Waals surface area contributed by atoms with Gasteiger partial charge in [0.1, 0.15) is 0 Å². The van der Waals surface area contributed by atoms with Gasteiger partial charge in [0.15, 0.2) is 5.54 Å². The van der Waals surface area contributed by atoms with Gasteiger partial charge in [-0.2, -0.15) is 0 Å². The number of anilines is 1. The molecule has 0 heterocycles. The van der Waals surface area contributed by atoms with Gasteiger partial charge in [0.2, 0.25) is 0 Å². The maximum absolute atomic E-state index is 11.8. The molecular formula is C16H15BrClNO2. The van der Waals surface area contributed by atoms with Gasteiger partial charge in [0, 0.05) is 10.2 Å². The normalized spacial score (nSPS) is 13.5. The molecule has 3 nitrogen and oxygen atoms in total. The number of carbonyl (C=O) groups is 1. The quantitative estimate of drug-likeness (QED) is 0.813. The molecule has 0 saturated carbocycles. The van der Waals surface area contributed by atoms with Crippen LogP contribution in [0.1, 0.15) is 18.1 Å². The molecule has 0 amide bonds. The lowest BCUT2D eigenvalue weighted by molar-refractivity contribution is -0.142. The summed E-state index contributed by atoms with van der Waals surface area (Å²) in [4.78, 5) is 11.8. The smallest absolute Gasteiger partial charge is 0.333 e. The van der Waals surface area contributed by atoms with E-state index in [-0.39, 0.29) is 0 Å². The number of nitrogens with one attached hydrogen (secondary N) is 1. The molecule has 2 aromatic rings. The second kappa shape index (κ2) is 6.08. The number of halogens is 2. The number of benzene rings is 2. The molecule has 1 atom stereocenters. The average Bonchev–Trinajstić information content (AvgIpc) is 2.42. The van der Waals surface area contributed by atoms with Crippen LogP contribution in [0.2, 0.25) is 5.02 Å². The van der Waals surface area contributed by atoms with E-state index < -0.39 is 11.5 Å². The highest BCUT2D eigenvalue weighted by atomic mass is 79.9. The second-order valence-corrected chi connectivity index (χ2v) is 6.32. The first-order valence-corrected chi connectivity index (χ1v) is 7.54. The van der Waals surface area contributed by atoms with Crippen molar-refractivity contribution < 1.29 is 9.90 Å². The van der Waals surface area contributed by atoms with Crippen LogP contribution >= 0.6 is 27.5 Å². The number of hydrogen-bond donors (Lipinski definition) is 2. The van der Waals surface area contributed by atoms with Crippen LogP contribution in [0.4, 0.5) is 5.69 Å². The third-order valence-corrected chi connectivity index (χ3v) is 4.55. The SMILES string of the molecule is Cc1cccc(C(C)(Nc2ccc(Cl)c(Br)c2)C(=O)O)c1. The average molecular weight is 369 g/mol. The summed E-state index contributed by atoms with van der Waals surface area (Å²) in [5.41, 5.74) is 1.16.